The Bertz CT molecular complexity index is 1220. The third-order valence-electron chi connectivity index (χ3n) is 4.99. The molecule has 1 heterocycles. The van der Waals surface area contributed by atoms with E-state index in [0.29, 0.717) is 6.42 Å². The van der Waals surface area contributed by atoms with E-state index in [1.165, 1.54) is 37.4 Å². The monoisotopic (exact) mass is 524 g/mol. The van der Waals surface area contributed by atoms with Crippen molar-refractivity contribution in [1.82, 2.24) is 10.3 Å². The zero-order valence-corrected chi connectivity index (χ0v) is 22.5. The van der Waals surface area contributed by atoms with E-state index < -0.39 is 17.8 Å². The van der Waals surface area contributed by atoms with Gasteiger partial charge >= 0.3 is 11.9 Å². The molecule has 0 fully saturated rings. The molecule has 37 heavy (non-hydrogen) atoms. The summed E-state index contributed by atoms with van der Waals surface area (Å²) in [5, 5.41) is 2.41. The molecule has 0 bridgehead atoms. The number of aromatic nitrogens is 1. The van der Waals surface area contributed by atoms with Gasteiger partial charge < -0.3 is 19.5 Å². The number of benzene rings is 2. The van der Waals surface area contributed by atoms with E-state index in [-0.39, 0.29) is 29.8 Å². The SMILES string of the molecule is COc1ccnc(C(=O)NCC(=O)OC(C)Cc2ccccc2)c1OC(C)=O.Cc1ccc(S)c(C)c1. The maximum Gasteiger partial charge on any atom is 0.325 e. The van der Waals surface area contributed by atoms with Gasteiger partial charge in [0.05, 0.1) is 7.11 Å². The molecule has 0 aliphatic heterocycles. The van der Waals surface area contributed by atoms with Crippen LogP contribution in [0.15, 0.2) is 65.7 Å². The minimum Gasteiger partial charge on any atom is -0.493 e. The lowest BCUT2D eigenvalue weighted by Crippen LogP contribution is -2.33. The van der Waals surface area contributed by atoms with Gasteiger partial charge in [-0.25, -0.2) is 4.98 Å². The fourth-order valence-electron chi connectivity index (χ4n) is 3.29. The lowest BCUT2D eigenvalue weighted by molar-refractivity contribution is -0.146. The minimum atomic E-state index is -0.692. The van der Waals surface area contributed by atoms with Crippen LogP contribution in [0.5, 0.6) is 11.5 Å². The molecular formula is C28H32N2O6S. The van der Waals surface area contributed by atoms with Gasteiger partial charge in [-0.05, 0) is 38.0 Å². The molecule has 1 amide bonds. The first-order valence-corrected chi connectivity index (χ1v) is 12.0. The maximum atomic E-state index is 12.4. The lowest BCUT2D eigenvalue weighted by atomic mass is 10.1. The van der Waals surface area contributed by atoms with Crippen molar-refractivity contribution in [1.29, 1.82) is 0 Å². The molecule has 3 rings (SSSR count). The Hall–Kier alpha value is -3.85. The predicted octanol–water partition coefficient (Wildman–Crippen LogP) is 4.51. The molecule has 0 aliphatic rings. The van der Waals surface area contributed by atoms with Crippen LogP contribution in [0.1, 0.15) is 41.0 Å². The molecule has 1 aromatic heterocycles. The number of carbonyl (C=O) groups excluding carboxylic acids is 3. The van der Waals surface area contributed by atoms with Gasteiger partial charge in [0.1, 0.15) is 12.6 Å². The number of amides is 1. The minimum absolute atomic E-state index is 0.110. The molecule has 0 aliphatic carbocycles. The van der Waals surface area contributed by atoms with Crippen LogP contribution in [0.2, 0.25) is 0 Å². The molecule has 9 heteroatoms. The number of rotatable bonds is 8. The first kappa shape index (κ1) is 29.4. The summed E-state index contributed by atoms with van der Waals surface area (Å²) in [4.78, 5) is 40.6. The topological polar surface area (TPSA) is 104 Å². The number of ether oxygens (including phenoxy) is 3. The molecular weight excluding hydrogens is 492 g/mol. The van der Waals surface area contributed by atoms with Crippen molar-refractivity contribution in [2.24, 2.45) is 0 Å². The summed E-state index contributed by atoms with van der Waals surface area (Å²) in [6.07, 6.45) is 1.55. The van der Waals surface area contributed by atoms with Gasteiger partial charge in [0.2, 0.25) is 5.75 Å². The molecule has 1 atom stereocenters. The van der Waals surface area contributed by atoms with Gasteiger partial charge in [0.25, 0.3) is 5.91 Å². The quantitative estimate of drug-likeness (QED) is 0.330. The van der Waals surface area contributed by atoms with Gasteiger partial charge in [-0.1, -0.05) is 48.0 Å². The Morgan fingerprint density at radius 1 is 1.05 bits per heavy atom. The van der Waals surface area contributed by atoms with Gasteiger partial charge in [-0.3, -0.25) is 14.4 Å². The fraction of sp³-hybridized carbons (Fsp3) is 0.286. The number of thiol groups is 1. The van der Waals surface area contributed by atoms with Gasteiger partial charge in [0.15, 0.2) is 11.4 Å². The van der Waals surface area contributed by atoms with Gasteiger partial charge in [0, 0.05) is 30.5 Å². The Morgan fingerprint density at radius 2 is 1.76 bits per heavy atom. The highest BCUT2D eigenvalue weighted by Gasteiger charge is 2.21. The lowest BCUT2D eigenvalue weighted by Gasteiger charge is -2.14. The van der Waals surface area contributed by atoms with E-state index in [9.17, 15) is 14.4 Å². The second-order valence-corrected chi connectivity index (χ2v) is 8.73. The second-order valence-electron chi connectivity index (χ2n) is 8.25. The number of hydrogen-bond donors (Lipinski definition) is 2. The van der Waals surface area contributed by atoms with E-state index >= 15 is 0 Å². The number of methoxy groups -OCH3 is 1. The highest BCUT2D eigenvalue weighted by atomic mass is 32.1. The number of hydrogen-bond acceptors (Lipinski definition) is 8. The summed E-state index contributed by atoms with van der Waals surface area (Å²) in [5.41, 5.74) is 3.42. The highest BCUT2D eigenvalue weighted by molar-refractivity contribution is 7.80. The van der Waals surface area contributed by atoms with E-state index in [1.807, 2.05) is 36.4 Å². The van der Waals surface area contributed by atoms with Gasteiger partial charge in [-0.2, -0.15) is 0 Å². The number of pyridine rings is 1. The number of nitrogens with zero attached hydrogens (tertiary/aromatic N) is 1. The molecule has 3 aromatic rings. The summed E-state index contributed by atoms with van der Waals surface area (Å²) in [7, 11) is 1.37. The third-order valence-corrected chi connectivity index (χ3v) is 5.50. The van der Waals surface area contributed by atoms with Crippen LogP contribution >= 0.6 is 12.6 Å². The van der Waals surface area contributed by atoms with E-state index in [4.69, 9.17) is 14.2 Å². The number of carbonyl (C=O) groups is 3. The van der Waals surface area contributed by atoms with Crippen molar-refractivity contribution in [3.8, 4) is 11.5 Å². The normalized spacial score (nSPS) is 10.9. The van der Waals surface area contributed by atoms with E-state index in [1.54, 1.807) is 6.92 Å². The van der Waals surface area contributed by atoms with Crippen LogP contribution in [-0.2, 0) is 20.7 Å². The Morgan fingerprint density at radius 3 is 2.35 bits per heavy atom. The molecule has 0 saturated carbocycles. The molecule has 0 radical (unpaired) electrons. The molecule has 8 nitrogen and oxygen atoms in total. The van der Waals surface area contributed by atoms with Crippen molar-refractivity contribution >= 4 is 30.5 Å². The smallest absolute Gasteiger partial charge is 0.325 e. The van der Waals surface area contributed by atoms with Crippen molar-refractivity contribution < 1.29 is 28.6 Å². The molecule has 1 unspecified atom stereocenters. The van der Waals surface area contributed by atoms with Crippen LogP contribution in [0.3, 0.4) is 0 Å². The van der Waals surface area contributed by atoms with Crippen molar-refractivity contribution in [2.45, 2.75) is 45.1 Å². The van der Waals surface area contributed by atoms with E-state index in [2.05, 4.69) is 48.9 Å². The third kappa shape index (κ3) is 9.97. The number of aryl methyl sites for hydroxylation is 2. The Kier molecular flexibility index (Phi) is 11.6. The Labute approximate surface area is 222 Å². The van der Waals surface area contributed by atoms with Crippen molar-refractivity contribution in [3.63, 3.8) is 0 Å². The van der Waals surface area contributed by atoms with Crippen molar-refractivity contribution in [3.05, 3.63) is 83.2 Å². The van der Waals surface area contributed by atoms with Crippen LogP contribution in [-0.4, -0.2) is 42.6 Å². The number of esters is 2. The summed E-state index contributed by atoms with van der Waals surface area (Å²) in [6.45, 7) is 6.76. The predicted molar refractivity (Wildman–Crippen MR) is 143 cm³/mol. The van der Waals surface area contributed by atoms with Crippen LogP contribution in [0.4, 0.5) is 0 Å². The van der Waals surface area contributed by atoms with Crippen molar-refractivity contribution in [2.75, 3.05) is 13.7 Å². The first-order valence-electron chi connectivity index (χ1n) is 11.6. The molecule has 0 spiro atoms. The summed E-state index contributed by atoms with van der Waals surface area (Å²) < 4.78 is 15.4. The molecule has 2 aromatic carbocycles. The summed E-state index contributed by atoms with van der Waals surface area (Å²) in [6, 6.07) is 17.3. The number of nitrogens with one attached hydrogen (secondary N) is 1. The molecule has 196 valence electrons. The zero-order chi connectivity index (χ0) is 27.4. The molecule has 0 saturated heterocycles. The van der Waals surface area contributed by atoms with Crippen LogP contribution < -0.4 is 14.8 Å². The average molecular weight is 525 g/mol. The highest BCUT2D eigenvalue weighted by Crippen LogP contribution is 2.29. The van der Waals surface area contributed by atoms with Crippen LogP contribution in [0, 0.1) is 13.8 Å². The standard InChI is InChI=1S/C20H22N2O6.C8H10S/c1-13(11-15-7-5-4-6-8-15)27-17(24)12-22-20(25)18-19(28-14(2)23)16(26-3)9-10-21-18;1-6-3-4-8(9)7(2)5-6/h4-10,13H,11-12H2,1-3H3,(H,22,25);3-5,9H,1-2H3. The largest absolute Gasteiger partial charge is 0.493 e. The fourth-order valence-corrected chi connectivity index (χ4v) is 3.43. The molecule has 1 N–H and O–H groups in total. The Balaban J connectivity index is 0.000000449. The van der Waals surface area contributed by atoms with E-state index in [0.717, 1.165) is 10.5 Å². The summed E-state index contributed by atoms with van der Waals surface area (Å²) >= 11 is 4.25. The zero-order valence-electron chi connectivity index (χ0n) is 21.6. The average Bonchev–Trinajstić information content (AvgIpc) is 2.85. The van der Waals surface area contributed by atoms with Gasteiger partial charge in [-0.15, -0.1) is 12.6 Å². The summed E-state index contributed by atoms with van der Waals surface area (Å²) in [5.74, 6) is -1.85. The maximum absolute atomic E-state index is 12.4. The first-order chi connectivity index (χ1) is 17.6. The van der Waals surface area contributed by atoms with Crippen LogP contribution in [0.25, 0.3) is 0 Å². The second kappa shape index (κ2) is 14.6.